The number of halogens is 1. The van der Waals surface area contributed by atoms with Crippen molar-refractivity contribution >= 4 is 11.6 Å². The summed E-state index contributed by atoms with van der Waals surface area (Å²) >= 11 is 6.04. The van der Waals surface area contributed by atoms with Gasteiger partial charge < -0.3 is 10.5 Å². The predicted octanol–water partition coefficient (Wildman–Crippen LogP) is 3.41. The van der Waals surface area contributed by atoms with Crippen molar-refractivity contribution in [2.75, 3.05) is 7.11 Å². The van der Waals surface area contributed by atoms with Crippen molar-refractivity contribution in [3.63, 3.8) is 0 Å². The zero-order valence-electron chi connectivity index (χ0n) is 10.3. The first-order valence-corrected chi connectivity index (χ1v) is 6.66. The molecule has 1 fully saturated rings. The van der Waals surface area contributed by atoms with E-state index in [2.05, 4.69) is 0 Å². The van der Waals surface area contributed by atoms with Crippen LogP contribution in [0.4, 0.5) is 0 Å². The number of ether oxygens (including phenoxy) is 1. The summed E-state index contributed by atoms with van der Waals surface area (Å²) in [7, 11) is 1.70. The number of rotatable bonds is 3. The number of nitrogens with two attached hydrogens (primary N) is 1. The maximum atomic E-state index is 6.18. The Kier molecular flexibility index (Phi) is 4.30. The van der Waals surface area contributed by atoms with Crippen molar-refractivity contribution < 1.29 is 4.74 Å². The standard InChI is InChI=1S/C14H20ClNO/c1-17-14-7-6-12(15)9-11(14)8-10-4-2-3-5-13(10)16/h6-7,9-10,13H,2-5,8,16H2,1H3. The number of methoxy groups -OCH3 is 1. The summed E-state index contributed by atoms with van der Waals surface area (Å²) < 4.78 is 5.38. The highest BCUT2D eigenvalue weighted by Crippen LogP contribution is 2.31. The highest BCUT2D eigenvalue weighted by atomic mass is 35.5. The highest BCUT2D eigenvalue weighted by Gasteiger charge is 2.23. The van der Waals surface area contributed by atoms with E-state index in [0.717, 1.165) is 23.6 Å². The largest absolute Gasteiger partial charge is 0.496 e. The predicted molar refractivity (Wildman–Crippen MR) is 71.6 cm³/mol. The van der Waals surface area contributed by atoms with E-state index in [4.69, 9.17) is 22.1 Å². The molecule has 1 aromatic carbocycles. The van der Waals surface area contributed by atoms with Crippen molar-refractivity contribution in [1.82, 2.24) is 0 Å². The lowest BCUT2D eigenvalue weighted by atomic mass is 9.81. The Morgan fingerprint density at radius 3 is 2.82 bits per heavy atom. The first-order chi connectivity index (χ1) is 8.20. The topological polar surface area (TPSA) is 35.2 Å². The Balaban J connectivity index is 2.13. The average Bonchev–Trinajstić information content (AvgIpc) is 2.32. The third-order valence-corrected chi connectivity index (χ3v) is 3.93. The van der Waals surface area contributed by atoms with E-state index in [1.807, 2.05) is 18.2 Å². The molecule has 0 radical (unpaired) electrons. The van der Waals surface area contributed by atoms with Crippen LogP contribution in [0.3, 0.4) is 0 Å². The van der Waals surface area contributed by atoms with E-state index < -0.39 is 0 Å². The third-order valence-electron chi connectivity index (χ3n) is 3.69. The molecule has 94 valence electrons. The third kappa shape index (κ3) is 3.14. The molecular formula is C14H20ClNO. The quantitative estimate of drug-likeness (QED) is 0.896. The normalized spacial score (nSPS) is 24.6. The van der Waals surface area contributed by atoms with Gasteiger partial charge in [-0.05, 0) is 48.9 Å². The lowest BCUT2D eigenvalue weighted by Gasteiger charge is -2.29. The maximum Gasteiger partial charge on any atom is 0.122 e. The zero-order valence-corrected chi connectivity index (χ0v) is 11.0. The summed E-state index contributed by atoms with van der Waals surface area (Å²) in [6, 6.07) is 6.13. The molecule has 2 atom stereocenters. The second kappa shape index (κ2) is 5.74. The second-order valence-electron chi connectivity index (χ2n) is 4.87. The van der Waals surface area contributed by atoms with Crippen LogP contribution in [0, 0.1) is 5.92 Å². The molecule has 3 heteroatoms. The van der Waals surface area contributed by atoms with Gasteiger partial charge in [-0.25, -0.2) is 0 Å². The van der Waals surface area contributed by atoms with Gasteiger partial charge in [0.25, 0.3) is 0 Å². The monoisotopic (exact) mass is 253 g/mol. The fourth-order valence-corrected chi connectivity index (χ4v) is 2.87. The van der Waals surface area contributed by atoms with Gasteiger partial charge in [0, 0.05) is 11.1 Å². The number of hydrogen-bond acceptors (Lipinski definition) is 2. The van der Waals surface area contributed by atoms with E-state index in [1.165, 1.54) is 24.8 Å². The van der Waals surface area contributed by atoms with Crippen LogP contribution in [0.2, 0.25) is 5.02 Å². The summed E-state index contributed by atoms with van der Waals surface area (Å²) in [4.78, 5) is 0. The van der Waals surface area contributed by atoms with Crippen molar-refractivity contribution in [3.05, 3.63) is 28.8 Å². The fraction of sp³-hybridized carbons (Fsp3) is 0.571. The lowest BCUT2D eigenvalue weighted by molar-refractivity contribution is 0.302. The molecule has 2 nitrogen and oxygen atoms in total. The van der Waals surface area contributed by atoms with Crippen LogP contribution in [0.25, 0.3) is 0 Å². The van der Waals surface area contributed by atoms with E-state index in [-0.39, 0.29) is 0 Å². The van der Waals surface area contributed by atoms with Crippen LogP contribution < -0.4 is 10.5 Å². The molecular weight excluding hydrogens is 234 g/mol. The molecule has 1 aliphatic carbocycles. The Morgan fingerprint density at radius 1 is 1.35 bits per heavy atom. The lowest BCUT2D eigenvalue weighted by Crippen LogP contribution is -2.34. The van der Waals surface area contributed by atoms with Crippen molar-refractivity contribution in [2.45, 2.75) is 38.1 Å². The van der Waals surface area contributed by atoms with E-state index in [9.17, 15) is 0 Å². The van der Waals surface area contributed by atoms with E-state index >= 15 is 0 Å². The van der Waals surface area contributed by atoms with Crippen LogP contribution >= 0.6 is 11.6 Å². The van der Waals surface area contributed by atoms with Crippen LogP contribution in [-0.4, -0.2) is 13.2 Å². The number of benzene rings is 1. The van der Waals surface area contributed by atoms with Gasteiger partial charge in [-0.15, -0.1) is 0 Å². The van der Waals surface area contributed by atoms with Gasteiger partial charge in [0.05, 0.1) is 7.11 Å². The SMILES string of the molecule is COc1ccc(Cl)cc1CC1CCCCC1N. The summed E-state index contributed by atoms with van der Waals surface area (Å²) in [6.07, 6.45) is 5.90. The Hall–Kier alpha value is -0.730. The minimum atomic E-state index is 0.326. The summed E-state index contributed by atoms with van der Waals surface area (Å²) in [5.74, 6) is 1.49. The Bertz CT molecular complexity index is 380. The molecule has 0 aliphatic heterocycles. The average molecular weight is 254 g/mol. The fourth-order valence-electron chi connectivity index (χ4n) is 2.68. The maximum absolute atomic E-state index is 6.18. The van der Waals surface area contributed by atoms with Gasteiger partial charge in [0.1, 0.15) is 5.75 Å². The van der Waals surface area contributed by atoms with Gasteiger partial charge in [-0.3, -0.25) is 0 Å². The van der Waals surface area contributed by atoms with Crippen LogP contribution in [0.1, 0.15) is 31.2 Å². The summed E-state index contributed by atoms with van der Waals surface area (Å²) in [5.41, 5.74) is 7.37. The molecule has 1 saturated carbocycles. The number of hydrogen-bond donors (Lipinski definition) is 1. The molecule has 0 spiro atoms. The highest BCUT2D eigenvalue weighted by molar-refractivity contribution is 6.30. The summed E-state index contributed by atoms with van der Waals surface area (Å²) in [6.45, 7) is 0. The molecule has 2 N–H and O–H groups in total. The molecule has 0 heterocycles. The molecule has 17 heavy (non-hydrogen) atoms. The minimum Gasteiger partial charge on any atom is -0.496 e. The van der Waals surface area contributed by atoms with E-state index in [1.54, 1.807) is 7.11 Å². The van der Waals surface area contributed by atoms with Gasteiger partial charge in [-0.2, -0.15) is 0 Å². The van der Waals surface area contributed by atoms with Gasteiger partial charge in [0.15, 0.2) is 0 Å². The van der Waals surface area contributed by atoms with Crippen molar-refractivity contribution in [2.24, 2.45) is 11.7 Å². The Morgan fingerprint density at radius 2 is 2.12 bits per heavy atom. The van der Waals surface area contributed by atoms with Crippen molar-refractivity contribution in [3.8, 4) is 5.75 Å². The summed E-state index contributed by atoms with van der Waals surface area (Å²) in [5, 5.41) is 0.769. The first kappa shape index (κ1) is 12.7. The van der Waals surface area contributed by atoms with Crippen LogP contribution in [-0.2, 0) is 6.42 Å². The molecule has 1 aliphatic rings. The minimum absolute atomic E-state index is 0.326. The molecule has 0 amide bonds. The zero-order chi connectivity index (χ0) is 12.3. The van der Waals surface area contributed by atoms with Crippen molar-refractivity contribution in [1.29, 1.82) is 0 Å². The molecule has 2 unspecified atom stereocenters. The van der Waals surface area contributed by atoms with Crippen LogP contribution in [0.5, 0.6) is 5.75 Å². The van der Waals surface area contributed by atoms with E-state index in [0.29, 0.717) is 12.0 Å². The molecule has 2 rings (SSSR count). The molecule has 1 aromatic rings. The Labute approximate surface area is 108 Å². The molecule has 0 saturated heterocycles. The van der Waals surface area contributed by atoms with Crippen LogP contribution in [0.15, 0.2) is 18.2 Å². The van der Waals surface area contributed by atoms with Gasteiger partial charge in [-0.1, -0.05) is 24.4 Å². The van der Waals surface area contributed by atoms with Gasteiger partial charge >= 0.3 is 0 Å². The second-order valence-corrected chi connectivity index (χ2v) is 5.31. The first-order valence-electron chi connectivity index (χ1n) is 6.28. The van der Waals surface area contributed by atoms with Gasteiger partial charge in [0.2, 0.25) is 0 Å². The smallest absolute Gasteiger partial charge is 0.122 e. The molecule has 0 bridgehead atoms. The molecule has 0 aromatic heterocycles.